The van der Waals surface area contributed by atoms with Crippen molar-refractivity contribution in [2.45, 2.75) is 26.7 Å². The minimum atomic E-state index is -0.473. The van der Waals surface area contributed by atoms with Crippen LogP contribution in [0.2, 0.25) is 0 Å². The van der Waals surface area contributed by atoms with Gasteiger partial charge in [-0.1, -0.05) is 38.1 Å². The van der Waals surface area contributed by atoms with Gasteiger partial charge in [-0.05, 0) is 48.1 Å². The summed E-state index contributed by atoms with van der Waals surface area (Å²) < 4.78 is 15.8. The molecular weight excluding hydrogens is 277 g/mol. The van der Waals surface area contributed by atoms with Crippen molar-refractivity contribution < 1.29 is 4.39 Å². The third kappa shape index (κ3) is 2.33. The van der Waals surface area contributed by atoms with Crippen LogP contribution in [0.4, 0.5) is 4.39 Å². The number of aryl methyl sites for hydroxylation is 1. The van der Waals surface area contributed by atoms with Gasteiger partial charge in [0.1, 0.15) is 5.82 Å². The lowest BCUT2D eigenvalue weighted by molar-refractivity contribution is 0.637. The Morgan fingerprint density at radius 3 is 2.45 bits per heavy atom. The van der Waals surface area contributed by atoms with Crippen LogP contribution in [0.3, 0.4) is 0 Å². The summed E-state index contributed by atoms with van der Waals surface area (Å²) >= 11 is 0. The molecule has 0 atom stereocenters. The predicted octanol–water partition coefficient (Wildman–Crippen LogP) is 4.56. The largest absolute Gasteiger partial charge is 0.280 e. The minimum Gasteiger partial charge on any atom is -0.280 e. The monoisotopic (exact) mass is 295 g/mol. The van der Waals surface area contributed by atoms with Crippen LogP contribution in [0.25, 0.3) is 16.5 Å². The summed E-state index contributed by atoms with van der Waals surface area (Å²) in [4.78, 5) is 12.9. The molecule has 22 heavy (non-hydrogen) atoms. The van der Waals surface area contributed by atoms with Crippen molar-refractivity contribution >= 4 is 10.8 Å². The van der Waals surface area contributed by atoms with Crippen LogP contribution >= 0.6 is 0 Å². The fourth-order valence-corrected chi connectivity index (χ4v) is 2.80. The summed E-state index contributed by atoms with van der Waals surface area (Å²) in [5.41, 5.74) is 2.42. The highest BCUT2D eigenvalue weighted by Crippen LogP contribution is 2.23. The maximum Gasteiger partial charge on any atom is 0.266 e. The molecule has 0 aliphatic rings. The van der Waals surface area contributed by atoms with E-state index in [1.807, 2.05) is 51.1 Å². The SMILES string of the molecule is Cc1cccc(-n2c(C(C)C)cc3cccc(F)c3c2=O)c1. The Balaban J connectivity index is 2.46. The van der Waals surface area contributed by atoms with Crippen LogP contribution in [0.5, 0.6) is 0 Å². The van der Waals surface area contributed by atoms with Crippen molar-refractivity contribution in [3.63, 3.8) is 0 Å². The highest BCUT2D eigenvalue weighted by Gasteiger charge is 2.15. The molecule has 112 valence electrons. The number of nitrogens with zero attached hydrogens (tertiary/aromatic N) is 1. The lowest BCUT2D eigenvalue weighted by Crippen LogP contribution is -2.23. The van der Waals surface area contributed by atoms with Gasteiger partial charge in [-0.15, -0.1) is 0 Å². The normalized spacial score (nSPS) is 11.3. The zero-order valence-corrected chi connectivity index (χ0v) is 12.9. The molecule has 1 heterocycles. The van der Waals surface area contributed by atoms with Crippen molar-refractivity contribution in [3.8, 4) is 5.69 Å². The zero-order valence-electron chi connectivity index (χ0n) is 12.9. The highest BCUT2D eigenvalue weighted by molar-refractivity contribution is 5.83. The van der Waals surface area contributed by atoms with Gasteiger partial charge in [0.05, 0.1) is 5.39 Å². The Hall–Kier alpha value is -2.42. The van der Waals surface area contributed by atoms with Crippen LogP contribution in [0.15, 0.2) is 53.3 Å². The first-order chi connectivity index (χ1) is 10.5. The summed E-state index contributed by atoms with van der Waals surface area (Å²) in [7, 11) is 0. The van der Waals surface area contributed by atoms with Crippen molar-refractivity contribution in [3.05, 3.63) is 76.0 Å². The van der Waals surface area contributed by atoms with E-state index in [-0.39, 0.29) is 16.9 Å². The Labute approximate surface area is 128 Å². The standard InChI is InChI=1S/C19H18FNO/c1-12(2)17-11-14-7-5-9-16(20)18(14)19(22)21(17)15-8-4-6-13(3)10-15/h4-12H,1-3H3. The van der Waals surface area contributed by atoms with Crippen LogP contribution in [-0.2, 0) is 0 Å². The van der Waals surface area contributed by atoms with E-state index in [1.54, 1.807) is 16.7 Å². The number of aromatic nitrogens is 1. The third-order valence-electron chi connectivity index (χ3n) is 3.88. The zero-order chi connectivity index (χ0) is 15.9. The van der Waals surface area contributed by atoms with Crippen LogP contribution in [0.1, 0.15) is 31.0 Å². The summed E-state index contributed by atoms with van der Waals surface area (Å²) in [5, 5.41) is 0.797. The van der Waals surface area contributed by atoms with E-state index in [4.69, 9.17) is 0 Å². The number of benzene rings is 2. The third-order valence-corrected chi connectivity index (χ3v) is 3.88. The number of fused-ring (bicyclic) bond motifs is 1. The Morgan fingerprint density at radius 2 is 1.77 bits per heavy atom. The van der Waals surface area contributed by atoms with E-state index >= 15 is 0 Å². The molecular formula is C19H18FNO. The highest BCUT2D eigenvalue weighted by atomic mass is 19.1. The summed E-state index contributed by atoms with van der Waals surface area (Å²) in [6, 6.07) is 14.4. The van der Waals surface area contributed by atoms with Gasteiger partial charge in [-0.2, -0.15) is 0 Å². The molecule has 3 aromatic rings. The second-order valence-corrected chi connectivity index (χ2v) is 5.91. The van der Waals surface area contributed by atoms with E-state index in [0.717, 1.165) is 16.9 Å². The molecule has 0 saturated heterocycles. The van der Waals surface area contributed by atoms with Gasteiger partial charge in [0.2, 0.25) is 0 Å². The quantitative estimate of drug-likeness (QED) is 0.679. The molecule has 2 nitrogen and oxygen atoms in total. The molecule has 0 fully saturated rings. The topological polar surface area (TPSA) is 22.0 Å². The second kappa shape index (κ2) is 5.41. The first-order valence-electron chi connectivity index (χ1n) is 7.40. The van der Waals surface area contributed by atoms with Crippen LogP contribution in [-0.4, -0.2) is 4.57 Å². The molecule has 0 amide bonds. The average Bonchev–Trinajstić information content (AvgIpc) is 2.46. The molecule has 0 N–H and O–H groups in total. The molecule has 0 saturated carbocycles. The number of hydrogen-bond acceptors (Lipinski definition) is 1. The van der Waals surface area contributed by atoms with Gasteiger partial charge in [0, 0.05) is 11.4 Å². The molecule has 0 unspecified atom stereocenters. The first kappa shape index (κ1) is 14.5. The molecule has 0 aliphatic carbocycles. The van der Waals surface area contributed by atoms with Crippen molar-refractivity contribution in [1.29, 1.82) is 0 Å². The van der Waals surface area contributed by atoms with Crippen LogP contribution < -0.4 is 5.56 Å². The molecule has 2 aromatic carbocycles. The summed E-state index contributed by atoms with van der Waals surface area (Å²) in [5.74, 6) is -0.319. The molecule has 3 heteroatoms. The second-order valence-electron chi connectivity index (χ2n) is 5.91. The van der Waals surface area contributed by atoms with E-state index in [1.165, 1.54) is 6.07 Å². The fourth-order valence-electron chi connectivity index (χ4n) is 2.80. The smallest absolute Gasteiger partial charge is 0.266 e. The first-order valence-corrected chi connectivity index (χ1v) is 7.40. The number of halogens is 1. The van der Waals surface area contributed by atoms with Gasteiger partial charge in [-0.3, -0.25) is 9.36 Å². The number of rotatable bonds is 2. The Bertz CT molecular complexity index is 909. The van der Waals surface area contributed by atoms with Gasteiger partial charge < -0.3 is 0 Å². The Morgan fingerprint density at radius 1 is 1.05 bits per heavy atom. The lowest BCUT2D eigenvalue weighted by atomic mass is 10.0. The lowest BCUT2D eigenvalue weighted by Gasteiger charge is -2.17. The maximum absolute atomic E-state index is 14.1. The van der Waals surface area contributed by atoms with E-state index in [0.29, 0.717) is 5.39 Å². The average molecular weight is 295 g/mol. The van der Waals surface area contributed by atoms with Gasteiger partial charge in [0.15, 0.2) is 0 Å². The van der Waals surface area contributed by atoms with Crippen LogP contribution in [0, 0.1) is 12.7 Å². The van der Waals surface area contributed by atoms with Gasteiger partial charge >= 0.3 is 0 Å². The van der Waals surface area contributed by atoms with E-state index in [2.05, 4.69) is 0 Å². The number of pyridine rings is 1. The van der Waals surface area contributed by atoms with Crippen molar-refractivity contribution in [1.82, 2.24) is 4.57 Å². The number of hydrogen-bond donors (Lipinski definition) is 0. The molecule has 0 spiro atoms. The molecule has 1 aromatic heterocycles. The molecule has 0 radical (unpaired) electrons. The molecule has 0 aliphatic heterocycles. The van der Waals surface area contributed by atoms with Crippen molar-refractivity contribution in [2.75, 3.05) is 0 Å². The summed E-state index contributed by atoms with van der Waals surface area (Å²) in [6.45, 7) is 6.05. The van der Waals surface area contributed by atoms with E-state index in [9.17, 15) is 9.18 Å². The molecule has 3 rings (SSSR count). The van der Waals surface area contributed by atoms with E-state index < -0.39 is 5.82 Å². The predicted molar refractivity (Wildman–Crippen MR) is 88.3 cm³/mol. The maximum atomic E-state index is 14.1. The Kier molecular flexibility index (Phi) is 3.57. The van der Waals surface area contributed by atoms with Crippen molar-refractivity contribution in [2.24, 2.45) is 0 Å². The molecule has 0 bridgehead atoms. The minimum absolute atomic E-state index is 0.147. The summed E-state index contributed by atoms with van der Waals surface area (Å²) in [6.07, 6.45) is 0. The van der Waals surface area contributed by atoms with Gasteiger partial charge in [0.25, 0.3) is 5.56 Å². The fraction of sp³-hybridized carbons (Fsp3) is 0.211. The van der Waals surface area contributed by atoms with Gasteiger partial charge in [-0.25, -0.2) is 4.39 Å².